The van der Waals surface area contributed by atoms with Crippen LogP contribution in [0.15, 0.2) is 16.9 Å². The van der Waals surface area contributed by atoms with E-state index in [0.29, 0.717) is 30.8 Å². The van der Waals surface area contributed by atoms with Crippen molar-refractivity contribution in [2.75, 3.05) is 20.8 Å². The van der Waals surface area contributed by atoms with Crippen LogP contribution in [0.1, 0.15) is 60.7 Å². The third-order valence-corrected chi connectivity index (χ3v) is 5.87. The molecule has 0 bridgehead atoms. The van der Waals surface area contributed by atoms with E-state index in [9.17, 15) is 4.79 Å². The van der Waals surface area contributed by atoms with Crippen LogP contribution in [0.3, 0.4) is 0 Å². The van der Waals surface area contributed by atoms with Gasteiger partial charge in [-0.3, -0.25) is 9.69 Å². The maximum Gasteiger partial charge on any atom is 0.255 e. The summed E-state index contributed by atoms with van der Waals surface area (Å²) in [5.74, 6) is 2.41. The minimum Gasteiger partial charge on any atom is -0.481 e. The number of hydrogen-bond donors (Lipinski definition) is 1. The second kappa shape index (κ2) is 8.31. The Morgan fingerprint density at radius 1 is 1.14 bits per heavy atom. The number of ether oxygens (including phenoxy) is 2. The molecule has 0 amide bonds. The van der Waals surface area contributed by atoms with E-state index >= 15 is 0 Å². The highest BCUT2D eigenvalue weighted by atomic mass is 16.5. The predicted molar refractivity (Wildman–Crippen MR) is 106 cm³/mol. The summed E-state index contributed by atoms with van der Waals surface area (Å²) in [6.45, 7) is 2.13. The molecule has 28 heavy (non-hydrogen) atoms. The van der Waals surface area contributed by atoms with Crippen molar-refractivity contribution in [3.63, 3.8) is 0 Å². The molecule has 3 heterocycles. The second-order valence-corrected chi connectivity index (χ2v) is 7.69. The first-order valence-corrected chi connectivity index (χ1v) is 10.1. The standard InChI is InChI=1S/C21H28N4O3/c1-27-18-9-8-15(21(23-18)28-2)12-25-11-10-17-16(13-25)20(26)24-19(22-17)14-6-4-3-5-7-14/h8-9,14H,3-7,10-13H2,1-2H3,(H,22,24,26). The largest absolute Gasteiger partial charge is 0.481 e. The van der Waals surface area contributed by atoms with Crippen molar-refractivity contribution in [3.8, 4) is 11.8 Å². The molecule has 0 unspecified atom stereocenters. The maximum atomic E-state index is 12.8. The molecule has 1 fully saturated rings. The third kappa shape index (κ3) is 3.90. The number of aromatic nitrogens is 3. The SMILES string of the molecule is COc1ccc(CN2CCc3nc(C4CCCCC4)[nH]c(=O)c3C2)c(OC)n1. The Labute approximate surface area is 165 Å². The van der Waals surface area contributed by atoms with E-state index in [0.717, 1.165) is 48.5 Å². The number of nitrogens with zero attached hydrogens (tertiary/aromatic N) is 3. The number of aromatic amines is 1. The van der Waals surface area contributed by atoms with Gasteiger partial charge in [0.05, 0.1) is 25.5 Å². The van der Waals surface area contributed by atoms with E-state index in [2.05, 4.69) is 14.9 Å². The van der Waals surface area contributed by atoms with Crippen molar-refractivity contribution in [2.45, 2.75) is 57.5 Å². The van der Waals surface area contributed by atoms with E-state index in [-0.39, 0.29) is 5.56 Å². The van der Waals surface area contributed by atoms with Gasteiger partial charge in [-0.1, -0.05) is 19.3 Å². The molecule has 1 aliphatic carbocycles. The van der Waals surface area contributed by atoms with Gasteiger partial charge in [0.2, 0.25) is 11.8 Å². The lowest BCUT2D eigenvalue weighted by molar-refractivity contribution is 0.236. The summed E-state index contributed by atoms with van der Waals surface area (Å²) in [6.07, 6.45) is 6.83. The molecule has 0 atom stereocenters. The van der Waals surface area contributed by atoms with Gasteiger partial charge in [-0.25, -0.2) is 4.98 Å². The highest BCUT2D eigenvalue weighted by Gasteiger charge is 2.25. The molecule has 1 aliphatic heterocycles. The highest BCUT2D eigenvalue weighted by Crippen LogP contribution is 2.31. The van der Waals surface area contributed by atoms with Crippen molar-refractivity contribution in [3.05, 3.63) is 45.1 Å². The lowest BCUT2D eigenvalue weighted by Crippen LogP contribution is -2.36. The number of rotatable bonds is 5. The van der Waals surface area contributed by atoms with Gasteiger partial charge in [0.15, 0.2) is 0 Å². The topological polar surface area (TPSA) is 80.3 Å². The average Bonchev–Trinajstić information content (AvgIpc) is 2.75. The van der Waals surface area contributed by atoms with Crippen molar-refractivity contribution >= 4 is 0 Å². The fourth-order valence-corrected chi connectivity index (χ4v) is 4.31. The molecule has 2 aromatic heterocycles. The van der Waals surface area contributed by atoms with Crippen LogP contribution in [0.2, 0.25) is 0 Å². The molecule has 0 saturated heterocycles. The van der Waals surface area contributed by atoms with Gasteiger partial charge in [0.25, 0.3) is 5.56 Å². The molecule has 7 nitrogen and oxygen atoms in total. The minimum atomic E-state index is 0.0232. The monoisotopic (exact) mass is 384 g/mol. The first-order chi connectivity index (χ1) is 13.7. The number of hydrogen-bond acceptors (Lipinski definition) is 6. The molecule has 150 valence electrons. The molecule has 0 aromatic carbocycles. The molecular weight excluding hydrogens is 356 g/mol. The summed E-state index contributed by atoms with van der Waals surface area (Å²) in [5, 5.41) is 0. The summed E-state index contributed by atoms with van der Waals surface area (Å²) >= 11 is 0. The summed E-state index contributed by atoms with van der Waals surface area (Å²) in [6, 6.07) is 3.80. The number of H-pyrrole nitrogens is 1. The maximum absolute atomic E-state index is 12.8. The second-order valence-electron chi connectivity index (χ2n) is 7.69. The quantitative estimate of drug-likeness (QED) is 0.854. The van der Waals surface area contributed by atoms with Gasteiger partial charge in [-0.2, -0.15) is 4.98 Å². The Kier molecular flexibility index (Phi) is 5.62. The Morgan fingerprint density at radius 3 is 2.71 bits per heavy atom. The van der Waals surface area contributed by atoms with Gasteiger partial charge in [-0.05, 0) is 18.9 Å². The van der Waals surface area contributed by atoms with Crippen molar-refractivity contribution in [1.29, 1.82) is 0 Å². The molecule has 7 heteroatoms. The zero-order valence-electron chi connectivity index (χ0n) is 16.7. The molecule has 2 aliphatic rings. The Hall–Kier alpha value is -2.41. The van der Waals surface area contributed by atoms with Gasteiger partial charge in [0.1, 0.15) is 5.82 Å². The Morgan fingerprint density at radius 2 is 1.96 bits per heavy atom. The fraction of sp³-hybridized carbons (Fsp3) is 0.571. The summed E-state index contributed by atoms with van der Waals surface area (Å²) in [4.78, 5) is 27.3. The van der Waals surface area contributed by atoms with Gasteiger partial charge in [0, 0.05) is 43.6 Å². The van der Waals surface area contributed by atoms with Crippen LogP contribution in [0.4, 0.5) is 0 Å². The number of methoxy groups -OCH3 is 2. The Bertz CT molecular complexity index is 890. The average molecular weight is 384 g/mol. The fourth-order valence-electron chi connectivity index (χ4n) is 4.31. The van der Waals surface area contributed by atoms with Crippen LogP contribution < -0.4 is 15.0 Å². The predicted octanol–water partition coefficient (Wildman–Crippen LogP) is 2.79. The van der Waals surface area contributed by atoms with E-state index in [1.54, 1.807) is 14.2 Å². The lowest BCUT2D eigenvalue weighted by Gasteiger charge is -2.29. The normalized spacial score (nSPS) is 17.9. The van der Waals surface area contributed by atoms with Crippen LogP contribution in [-0.4, -0.2) is 40.6 Å². The summed E-state index contributed by atoms with van der Waals surface area (Å²) < 4.78 is 10.6. The summed E-state index contributed by atoms with van der Waals surface area (Å²) in [7, 11) is 3.20. The van der Waals surface area contributed by atoms with E-state index < -0.39 is 0 Å². The number of pyridine rings is 1. The lowest BCUT2D eigenvalue weighted by atomic mass is 9.88. The van der Waals surface area contributed by atoms with E-state index in [1.165, 1.54) is 19.3 Å². The molecule has 0 radical (unpaired) electrons. The third-order valence-electron chi connectivity index (χ3n) is 5.87. The van der Waals surface area contributed by atoms with Crippen molar-refractivity contribution in [2.24, 2.45) is 0 Å². The zero-order chi connectivity index (χ0) is 19.5. The van der Waals surface area contributed by atoms with Crippen LogP contribution in [0.25, 0.3) is 0 Å². The Balaban J connectivity index is 1.51. The first kappa shape index (κ1) is 18.9. The smallest absolute Gasteiger partial charge is 0.255 e. The molecular formula is C21H28N4O3. The van der Waals surface area contributed by atoms with Crippen LogP contribution in [0.5, 0.6) is 11.8 Å². The van der Waals surface area contributed by atoms with E-state index in [4.69, 9.17) is 14.5 Å². The highest BCUT2D eigenvalue weighted by molar-refractivity contribution is 5.31. The van der Waals surface area contributed by atoms with Gasteiger partial charge < -0.3 is 14.5 Å². The van der Waals surface area contributed by atoms with Crippen molar-refractivity contribution < 1.29 is 9.47 Å². The summed E-state index contributed by atoms with van der Waals surface area (Å²) in [5.41, 5.74) is 2.77. The van der Waals surface area contributed by atoms with Crippen LogP contribution in [-0.2, 0) is 19.5 Å². The molecule has 2 aromatic rings. The van der Waals surface area contributed by atoms with Gasteiger partial charge in [-0.15, -0.1) is 0 Å². The number of nitrogens with one attached hydrogen (secondary N) is 1. The van der Waals surface area contributed by atoms with Crippen LogP contribution >= 0.6 is 0 Å². The molecule has 1 N–H and O–H groups in total. The van der Waals surface area contributed by atoms with Crippen molar-refractivity contribution in [1.82, 2.24) is 19.9 Å². The van der Waals surface area contributed by atoms with Crippen LogP contribution in [0, 0.1) is 0 Å². The molecule has 4 rings (SSSR count). The molecule has 0 spiro atoms. The number of fused-ring (bicyclic) bond motifs is 1. The first-order valence-electron chi connectivity index (χ1n) is 10.1. The minimum absolute atomic E-state index is 0.0232. The van der Waals surface area contributed by atoms with Gasteiger partial charge >= 0.3 is 0 Å². The zero-order valence-corrected chi connectivity index (χ0v) is 16.7. The molecule has 1 saturated carbocycles. The van der Waals surface area contributed by atoms with E-state index in [1.807, 2.05) is 12.1 Å².